The van der Waals surface area contributed by atoms with Gasteiger partial charge in [0.25, 0.3) is 0 Å². The fraction of sp³-hybridized carbons (Fsp3) is 0.538. The third-order valence-corrected chi connectivity index (χ3v) is 5.80. The number of piperazine rings is 1. The summed E-state index contributed by atoms with van der Waals surface area (Å²) in [6.45, 7) is 3.89. The van der Waals surface area contributed by atoms with Crippen molar-refractivity contribution in [3.63, 3.8) is 0 Å². The van der Waals surface area contributed by atoms with E-state index in [9.17, 15) is 8.42 Å². The Balaban J connectivity index is 2.04. The van der Waals surface area contributed by atoms with Crippen LogP contribution in [0.5, 0.6) is 0 Å². The average molecular weight is 319 g/mol. The Labute approximate surface area is 125 Å². The van der Waals surface area contributed by atoms with Crippen molar-refractivity contribution in [1.29, 1.82) is 0 Å². The molecular formula is C13H19ClN2O3S. The van der Waals surface area contributed by atoms with Crippen LogP contribution in [-0.4, -0.2) is 64.1 Å². The lowest BCUT2D eigenvalue weighted by molar-refractivity contribution is 0.123. The molecule has 0 unspecified atom stereocenters. The predicted octanol–water partition coefficient (Wildman–Crippen LogP) is 1.29. The number of methoxy groups -OCH3 is 1. The number of hydrogen-bond donors (Lipinski definition) is 0. The number of hydrogen-bond acceptors (Lipinski definition) is 4. The zero-order chi connectivity index (χ0) is 14.6. The van der Waals surface area contributed by atoms with Gasteiger partial charge in [0.2, 0.25) is 10.0 Å². The van der Waals surface area contributed by atoms with Crippen molar-refractivity contribution in [2.24, 2.45) is 0 Å². The minimum Gasteiger partial charge on any atom is -0.383 e. The number of rotatable bonds is 5. The van der Waals surface area contributed by atoms with Gasteiger partial charge in [-0.1, -0.05) is 23.7 Å². The van der Waals surface area contributed by atoms with E-state index in [1.165, 1.54) is 4.31 Å². The highest BCUT2D eigenvalue weighted by Crippen LogP contribution is 2.24. The van der Waals surface area contributed by atoms with Crippen LogP contribution in [0, 0.1) is 0 Å². The molecule has 1 saturated heterocycles. The molecule has 1 fully saturated rings. The highest BCUT2D eigenvalue weighted by Gasteiger charge is 2.29. The predicted molar refractivity (Wildman–Crippen MR) is 78.5 cm³/mol. The highest BCUT2D eigenvalue weighted by molar-refractivity contribution is 7.89. The monoisotopic (exact) mass is 318 g/mol. The van der Waals surface area contributed by atoms with Gasteiger partial charge in [0, 0.05) is 39.8 Å². The minimum atomic E-state index is -3.49. The van der Waals surface area contributed by atoms with Gasteiger partial charge >= 0.3 is 0 Å². The summed E-state index contributed by atoms with van der Waals surface area (Å²) in [6.07, 6.45) is 0. The second kappa shape index (κ2) is 6.87. The number of nitrogens with zero attached hydrogens (tertiary/aromatic N) is 2. The first-order chi connectivity index (χ1) is 9.55. The van der Waals surface area contributed by atoms with Crippen molar-refractivity contribution in [3.05, 3.63) is 29.3 Å². The SMILES string of the molecule is COCCN1CCN(S(=O)(=O)c2ccccc2Cl)CC1. The highest BCUT2D eigenvalue weighted by atomic mass is 35.5. The zero-order valence-electron chi connectivity index (χ0n) is 11.5. The summed E-state index contributed by atoms with van der Waals surface area (Å²) in [7, 11) is -1.83. The van der Waals surface area contributed by atoms with E-state index >= 15 is 0 Å². The molecule has 5 nitrogen and oxygen atoms in total. The molecule has 0 radical (unpaired) electrons. The van der Waals surface area contributed by atoms with Gasteiger partial charge in [-0.15, -0.1) is 0 Å². The molecular weight excluding hydrogens is 300 g/mol. The molecule has 20 heavy (non-hydrogen) atoms. The number of halogens is 1. The van der Waals surface area contributed by atoms with Crippen molar-refractivity contribution in [2.45, 2.75) is 4.90 Å². The molecule has 2 rings (SSSR count). The van der Waals surface area contributed by atoms with Crippen molar-refractivity contribution >= 4 is 21.6 Å². The second-order valence-corrected chi connectivity index (χ2v) is 6.98. The van der Waals surface area contributed by atoms with E-state index in [4.69, 9.17) is 16.3 Å². The zero-order valence-corrected chi connectivity index (χ0v) is 13.0. The molecule has 0 aromatic heterocycles. The fourth-order valence-electron chi connectivity index (χ4n) is 2.21. The van der Waals surface area contributed by atoms with Crippen LogP contribution in [-0.2, 0) is 14.8 Å². The molecule has 0 amide bonds. The van der Waals surface area contributed by atoms with E-state index in [0.29, 0.717) is 32.8 Å². The van der Waals surface area contributed by atoms with Crippen LogP contribution in [0.2, 0.25) is 5.02 Å². The number of sulfonamides is 1. The van der Waals surface area contributed by atoms with Crippen LogP contribution in [0.1, 0.15) is 0 Å². The molecule has 1 aromatic rings. The van der Waals surface area contributed by atoms with Gasteiger partial charge in [0.15, 0.2) is 0 Å². The molecule has 1 aromatic carbocycles. The summed E-state index contributed by atoms with van der Waals surface area (Å²) in [5, 5.41) is 0.273. The molecule has 0 bridgehead atoms. The van der Waals surface area contributed by atoms with Crippen LogP contribution < -0.4 is 0 Å². The Bertz CT molecular complexity index is 542. The first-order valence-electron chi connectivity index (χ1n) is 6.51. The molecule has 112 valence electrons. The van der Waals surface area contributed by atoms with Gasteiger partial charge in [-0.3, -0.25) is 4.90 Å². The molecule has 1 aliphatic rings. The maximum Gasteiger partial charge on any atom is 0.244 e. The Morgan fingerprint density at radius 3 is 2.45 bits per heavy atom. The summed E-state index contributed by atoms with van der Waals surface area (Å²) in [6, 6.07) is 6.57. The quantitative estimate of drug-likeness (QED) is 0.821. The molecule has 0 atom stereocenters. The van der Waals surface area contributed by atoms with Crippen LogP contribution in [0.15, 0.2) is 29.2 Å². The third-order valence-electron chi connectivity index (χ3n) is 3.40. The number of benzene rings is 1. The normalized spacial score (nSPS) is 18.3. The van der Waals surface area contributed by atoms with Gasteiger partial charge in [-0.25, -0.2) is 8.42 Å². The summed E-state index contributed by atoms with van der Waals surface area (Å²) in [5.41, 5.74) is 0. The van der Waals surface area contributed by atoms with Gasteiger partial charge in [0.1, 0.15) is 4.90 Å². The maximum atomic E-state index is 12.5. The summed E-state index contributed by atoms with van der Waals surface area (Å²) in [4.78, 5) is 2.38. The largest absolute Gasteiger partial charge is 0.383 e. The Kier molecular flexibility index (Phi) is 5.40. The topological polar surface area (TPSA) is 49.9 Å². The lowest BCUT2D eigenvalue weighted by atomic mass is 10.3. The van der Waals surface area contributed by atoms with Crippen LogP contribution in [0.4, 0.5) is 0 Å². The van der Waals surface area contributed by atoms with E-state index in [2.05, 4.69) is 4.90 Å². The van der Waals surface area contributed by atoms with Gasteiger partial charge in [0.05, 0.1) is 11.6 Å². The van der Waals surface area contributed by atoms with E-state index in [-0.39, 0.29) is 9.92 Å². The standard InChI is InChI=1S/C13H19ClN2O3S/c1-19-11-10-15-6-8-16(9-7-15)20(17,18)13-5-3-2-4-12(13)14/h2-5H,6-11H2,1H3. The van der Waals surface area contributed by atoms with Gasteiger partial charge in [-0.2, -0.15) is 4.31 Å². The summed E-state index contributed by atoms with van der Waals surface area (Å²) >= 11 is 5.99. The molecule has 1 heterocycles. The first kappa shape index (κ1) is 15.7. The van der Waals surface area contributed by atoms with Crippen LogP contribution in [0.3, 0.4) is 0 Å². The van der Waals surface area contributed by atoms with E-state index in [1.807, 2.05) is 0 Å². The molecule has 1 aliphatic heterocycles. The Morgan fingerprint density at radius 2 is 1.85 bits per heavy atom. The van der Waals surface area contributed by atoms with E-state index in [1.54, 1.807) is 31.4 Å². The lowest BCUT2D eigenvalue weighted by Crippen LogP contribution is -2.49. The molecule has 0 spiro atoms. The minimum absolute atomic E-state index is 0.187. The lowest BCUT2D eigenvalue weighted by Gasteiger charge is -2.33. The Hall–Kier alpha value is -0.660. The molecule has 0 N–H and O–H groups in total. The number of ether oxygens (including phenoxy) is 1. The third kappa shape index (κ3) is 3.51. The summed E-state index contributed by atoms with van der Waals surface area (Å²) < 4.78 is 31.6. The fourth-order valence-corrected chi connectivity index (χ4v) is 4.12. The second-order valence-electron chi connectivity index (χ2n) is 4.67. The van der Waals surface area contributed by atoms with Gasteiger partial charge in [-0.05, 0) is 12.1 Å². The van der Waals surface area contributed by atoms with Crippen LogP contribution >= 0.6 is 11.6 Å². The first-order valence-corrected chi connectivity index (χ1v) is 8.33. The Morgan fingerprint density at radius 1 is 1.20 bits per heavy atom. The average Bonchev–Trinajstić information content (AvgIpc) is 2.46. The maximum absolute atomic E-state index is 12.5. The van der Waals surface area contributed by atoms with Crippen molar-refractivity contribution < 1.29 is 13.2 Å². The molecule has 0 aliphatic carbocycles. The van der Waals surface area contributed by atoms with Gasteiger partial charge < -0.3 is 4.74 Å². The van der Waals surface area contributed by atoms with Crippen molar-refractivity contribution in [1.82, 2.24) is 9.21 Å². The van der Waals surface area contributed by atoms with E-state index < -0.39 is 10.0 Å². The smallest absolute Gasteiger partial charge is 0.244 e. The molecule has 0 saturated carbocycles. The van der Waals surface area contributed by atoms with Crippen molar-refractivity contribution in [2.75, 3.05) is 46.4 Å². The van der Waals surface area contributed by atoms with Crippen LogP contribution in [0.25, 0.3) is 0 Å². The van der Waals surface area contributed by atoms with Crippen molar-refractivity contribution in [3.8, 4) is 0 Å². The van der Waals surface area contributed by atoms with E-state index in [0.717, 1.165) is 6.54 Å². The molecule has 7 heteroatoms. The summed E-state index contributed by atoms with van der Waals surface area (Å²) in [5.74, 6) is 0.